The first-order chi connectivity index (χ1) is 11.9. The van der Waals surface area contributed by atoms with Gasteiger partial charge in [-0.15, -0.1) is 0 Å². The number of hydrogen-bond donors (Lipinski definition) is 0. The van der Waals surface area contributed by atoms with Gasteiger partial charge in [0, 0.05) is 0 Å². The smallest absolute Gasteiger partial charge is 0.00898 e. The normalized spacial score (nSPS) is 13.7. The molecular weight excluding hydrogens is 319 g/mol. The predicted molar refractivity (Wildman–Crippen MR) is 122 cm³/mol. The molecular formula is C24H51P. The van der Waals surface area contributed by atoms with Crippen LogP contribution in [0.15, 0.2) is 0 Å². The maximum absolute atomic E-state index is 2.51. The fourth-order valence-electron chi connectivity index (χ4n) is 6.00. The van der Waals surface area contributed by atoms with Gasteiger partial charge < -0.3 is 0 Å². The molecule has 0 aromatic heterocycles. The van der Waals surface area contributed by atoms with Crippen LogP contribution in [0, 0.1) is 0 Å². The Labute approximate surface area is 163 Å². The van der Waals surface area contributed by atoms with Crippen LogP contribution in [0.5, 0.6) is 0 Å². The Kier molecular flexibility index (Phi) is 12.2. The number of rotatable bonds is 15. The van der Waals surface area contributed by atoms with E-state index in [1.165, 1.54) is 77.0 Å². The second kappa shape index (κ2) is 12.0. The van der Waals surface area contributed by atoms with E-state index >= 15 is 0 Å². The summed E-state index contributed by atoms with van der Waals surface area (Å²) < 4.78 is 0. The van der Waals surface area contributed by atoms with Crippen molar-refractivity contribution in [1.82, 2.24) is 0 Å². The molecule has 0 saturated carbocycles. The van der Waals surface area contributed by atoms with Gasteiger partial charge in [0.05, 0.1) is 0 Å². The molecule has 0 atom stereocenters. The first-order valence-electron chi connectivity index (χ1n) is 11.7. The summed E-state index contributed by atoms with van der Waals surface area (Å²) in [6.45, 7) is 22.3. The molecule has 0 rings (SSSR count). The highest BCUT2D eigenvalue weighted by molar-refractivity contribution is 7.62. The van der Waals surface area contributed by atoms with Crippen molar-refractivity contribution in [3.8, 4) is 0 Å². The molecule has 0 saturated heterocycles. The van der Waals surface area contributed by atoms with Gasteiger partial charge in [0.2, 0.25) is 0 Å². The van der Waals surface area contributed by atoms with Gasteiger partial charge in [0.15, 0.2) is 0 Å². The maximum Gasteiger partial charge on any atom is -0.00898 e. The Balaban J connectivity index is 6.63. The first kappa shape index (κ1) is 25.4. The lowest BCUT2D eigenvalue weighted by molar-refractivity contribution is 0.390. The van der Waals surface area contributed by atoms with Crippen LogP contribution in [0.2, 0.25) is 0 Å². The number of hydrogen-bond acceptors (Lipinski definition) is 0. The Morgan fingerprint density at radius 3 is 0.720 bits per heavy atom. The molecule has 0 spiro atoms. The Bertz CT molecular complexity index is 269. The summed E-state index contributed by atoms with van der Waals surface area (Å²) in [4.78, 5) is 0. The SMILES string of the molecule is CCCC(CC)(CC)P(C(CC)(CC)CCC)C(CC)(CC)CCC. The molecule has 0 fully saturated rings. The predicted octanol–water partition coefficient (Wildman–Crippen LogP) is 9.54. The highest BCUT2D eigenvalue weighted by atomic mass is 31.1. The molecule has 0 amide bonds. The summed E-state index contributed by atoms with van der Waals surface area (Å²) >= 11 is 0. The molecule has 0 N–H and O–H groups in total. The van der Waals surface area contributed by atoms with Gasteiger partial charge in [-0.1, -0.05) is 89.5 Å². The standard InChI is InChI=1S/C24H51P/c1-10-19-22(13-4,14-5)25(23(15-6,16-7)20-11-2)24(17-8,18-9)21-12-3/h10-21H2,1-9H3. The van der Waals surface area contributed by atoms with E-state index in [4.69, 9.17) is 0 Å². The van der Waals surface area contributed by atoms with Crippen LogP contribution in [-0.4, -0.2) is 15.5 Å². The van der Waals surface area contributed by atoms with Gasteiger partial charge in [-0.25, -0.2) is 0 Å². The minimum atomic E-state index is -0.0220. The second-order valence-electron chi connectivity index (χ2n) is 8.38. The van der Waals surface area contributed by atoms with Crippen molar-refractivity contribution < 1.29 is 0 Å². The van der Waals surface area contributed by atoms with Crippen LogP contribution >= 0.6 is 7.92 Å². The van der Waals surface area contributed by atoms with E-state index in [0.717, 1.165) is 0 Å². The fourth-order valence-corrected chi connectivity index (χ4v) is 12.3. The van der Waals surface area contributed by atoms with Crippen molar-refractivity contribution in [2.24, 2.45) is 0 Å². The van der Waals surface area contributed by atoms with Crippen molar-refractivity contribution in [2.45, 2.75) is 155 Å². The Morgan fingerprint density at radius 1 is 0.400 bits per heavy atom. The first-order valence-corrected chi connectivity index (χ1v) is 13.1. The van der Waals surface area contributed by atoms with E-state index in [1.54, 1.807) is 0 Å². The van der Waals surface area contributed by atoms with E-state index in [0.29, 0.717) is 15.5 Å². The van der Waals surface area contributed by atoms with Crippen LogP contribution < -0.4 is 0 Å². The molecule has 0 aromatic carbocycles. The molecule has 0 aliphatic carbocycles. The highest BCUT2D eigenvalue weighted by Gasteiger charge is 2.54. The molecule has 152 valence electrons. The topological polar surface area (TPSA) is 0 Å². The summed E-state index contributed by atoms with van der Waals surface area (Å²) in [5.74, 6) is 0. The Morgan fingerprint density at radius 2 is 0.600 bits per heavy atom. The van der Waals surface area contributed by atoms with Crippen molar-refractivity contribution >= 4 is 7.92 Å². The third-order valence-electron chi connectivity index (χ3n) is 7.52. The summed E-state index contributed by atoms with van der Waals surface area (Å²) in [6, 6.07) is 0. The van der Waals surface area contributed by atoms with Crippen LogP contribution in [0.3, 0.4) is 0 Å². The van der Waals surface area contributed by atoms with Gasteiger partial charge in [0.25, 0.3) is 0 Å². The van der Waals surface area contributed by atoms with Crippen molar-refractivity contribution in [2.75, 3.05) is 0 Å². The zero-order valence-corrected chi connectivity index (χ0v) is 20.3. The van der Waals surface area contributed by atoms with Crippen molar-refractivity contribution in [3.63, 3.8) is 0 Å². The van der Waals surface area contributed by atoms with E-state index in [-0.39, 0.29) is 7.92 Å². The largest absolute Gasteiger partial charge is 0.0877 e. The lowest BCUT2D eigenvalue weighted by Crippen LogP contribution is -2.47. The zero-order valence-electron chi connectivity index (χ0n) is 19.4. The third-order valence-corrected chi connectivity index (χ3v) is 12.9. The lowest BCUT2D eigenvalue weighted by Gasteiger charge is -2.60. The van der Waals surface area contributed by atoms with E-state index in [2.05, 4.69) is 62.3 Å². The summed E-state index contributed by atoms with van der Waals surface area (Å²) in [5.41, 5.74) is 0. The molecule has 0 radical (unpaired) electrons. The third kappa shape index (κ3) is 5.24. The van der Waals surface area contributed by atoms with Crippen LogP contribution in [0.4, 0.5) is 0 Å². The Hall–Kier alpha value is 0.430. The molecule has 0 nitrogen and oxygen atoms in total. The van der Waals surface area contributed by atoms with Crippen LogP contribution in [0.1, 0.15) is 139 Å². The maximum atomic E-state index is 2.51. The summed E-state index contributed by atoms with van der Waals surface area (Å²) in [6.07, 6.45) is 16.7. The molecule has 1 heteroatoms. The molecule has 0 unspecified atom stereocenters. The summed E-state index contributed by atoms with van der Waals surface area (Å²) in [7, 11) is -0.0220. The van der Waals surface area contributed by atoms with Gasteiger partial charge in [-0.2, -0.15) is 0 Å². The molecule has 25 heavy (non-hydrogen) atoms. The highest BCUT2D eigenvalue weighted by Crippen LogP contribution is 2.76. The van der Waals surface area contributed by atoms with Gasteiger partial charge >= 0.3 is 0 Å². The zero-order chi connectivity index (χ0) is 19.6. The van der Waals surface area contributed by atoms with E-state index in [1.807, 2.05) is 0 Å². The minimum absolute atomic E-state index is 0.0220. The fraction of sp³-hybridized carbons (Fsp3) is 1.00. The molecule has 0 aromatic rings. The minimum Gasteiger partial charge on any atom is -0.0877 e. The van der Waals surface area contributed by atoms with Gasteiger partial charge in [-0.3, -0.25) is 0 Å². The molecule has 0 aliphatic heterocycles. The second-order valence-corrected chi connectivity index (χ2v) is 11.9. The average molecular weight is 371 g/mol. The van der Waals surface area contributed by atoms with Gasteiger partial charge in [0.1, 0.15) is 0 Å². The average Bonchev–Trinajstić information content (AvgIpc) is 2.65. The summed E-state index contributed by atoms with van der Waals surface area (Å²) in [5, 5.41) is 1.77. The monoisotopic (exact) mass is 370 g/mol. The van der Waals surface area contributed by atoms with E-state index < -0.39 is 0 Å². The van der Waals surface area contributed by atoms with Crippen molar-refractivity contribution in [1.29, 1.82) is 0 Å². The van der Waals surface area contributed by atoms with Gasteiger partial charge in [-0.05, 0) is 73.3 Å². The van der Waals surface area contributed by atoms with Crippen molar-refractivity contribution in [3.05, 3.63) is 0 Å². The van der Waals surface area contributed by atoms with Crippen LogP contribution in [0.25, 0.3) is 0 Å². The molecule has 0 bridgehead atoms. The molecule has 0 aliphatic rings. The quantitative estimate of drug-likeness (QED) is 0.252. The molecule has 0 heterocycles. The lowest BCUT2D eigenvalue weighted by atomic mass is 9.93. The van der Waals surface area contributed by atoms with Crippen LogP contribution in [-0.2, 0) is 0 Å². The van der Waals surface area contributed by atoms with E-state index in [9.17, 15) is 0 Å².